The van der Waals surface area contributed by atoms with E-state index in [-0.39, 0.29) is 32.5 Å². The molecule has 0 unspecified atom stereocenters. The van der Waals surface area contributed by atoms with Gasteiger partial charge in [0.05, 0.1) is 21.4 Å². The number of sulfonamides is 1. The summed E-state index contributed by atoms with van der Waals surface area (Å²) in [7, 11) is -3.64. The van der Waals surface area contributed by atoms with Gasteiger partial charge >= 0.3 is 0 Å². The molecule has 1 amide bonds. The van der Waals surface area contributed by atoms with Gasteiger partial charge in [-0.25, -0.2) is 8.42 Å². The number of thioether (sulfide) groups is 1. The molecule has 0 radical (unpaired) electrons. The first-order valence-corrected chi connectivity index (χ1v) is 13.3. The van der Waals surface area contributed by atoms with Crippen LogP contribution in [-0.4, -0.2) is 47.7 Å². The van der Waals surface area contributed by atoms with Crippen LogP contribution in [0.4, 0.5) is 5.69 Å². The maximum Gasteiger partial charge on any atom is 0.277 e. The number of anilines is 1. The van der Waals surface area contributed by atoms with Crippen LogP contribution >= 0.6 is 35.0 Å². The van der Waals surface area contributed by atoms with Gasteiger partial charge in [0.2, 0.25) is 21.8 Å². The fourth-order valence-corrected chi connectivity index (χ4v) is 5.70. The van der Waals surface area contributed by atoms with E-state index >= 15 is 0 Å². The standard InChI is InChI=1S/C21H20Cl2N4O4S2/c22-15-6-4-14(5-7-15)20-25-26-21(31-20)32-13-19(28)24-18-12-16(8-9-17(18)23)33(29,30)27-10-2-1-3-11-27/h4-9,12H,1-3,10-11,13H2,(H,24,28). The molecular formula is C21H20Cl2N4O4S2. The number of nitrogens with one attached hydrogen (secondary N) is 1. The maximum absolute atomic E-state index is 12.9. The summed E-state index contributed by atoms with van der Waals surface area (Å²) in [6.45, 7) is 0.983. The number of carbonyl (C=O) groups excluding carboxylic acids is 1. The topological polar surface area (TPSA) is 105 Å². The first kappa shape index (κ1) is 24.0. The Bertz CT molecular complexity index is 1240. The molecule has 0 spiro atoms. The average molecular weight is 527 g/mol. The van der Waals surface area contributed by atoms with Gasteiger partial charge in [0, 0.05) is 23.7 Å². The minimum Gasteiger partial charge on any atom is -0.411 e. The zero-order valence-corrected chi connectivity index (χ0v) is 20.5. The zero-order chi connectivity index (χ0) is 23.4. The fourth-order valence-electron chi connectivity index (χ4n) is 3.31. The molecule has 2 heterocycles. The van der Waals surface area contributed by atoms with Crippen LogP contribution < -0.4 is 5.32 Å². The minimum absolute atomic E-state index is 0.0261. The number of piperidine rings is 1. The predicted molar refractivity (Wildman–Crippen MR) is 128 cm³/mol. The van der Waals surface area contributed by atoms with Crippen LogP contribution in [0.1, 0.15) is 19.3 Å². The number of halogens is 2. The van der Waals surface area contributed by atoms with Gasteiger partial charge in [0.15, 0.2) is 0 Å². The van der Waals surface area contributed by atoms with E-state index in [0.29, 0.717) is 29.6 Å². The van der Waals surface area contributed by atoms with Crippen molar-refractivity contribution in [2.45, 2.75) is 29.4 Å². The van der Waals surface area contributed by atoms with Crippen LogP contribution in [0.15, 0.2) is 57.0 Å². The molecule has 4 rings (SSSR count). The first-order chi connectivity index (χ1) is 15.8. The molecule has 3 aromatic rings. The van der Waals surface area contributed by atoms with Gasteiger partial charge in [-0.1, -0.05) is 41.4 Å². The Morgan fingerprint density at radius 2 is 1.79 bits per heavy atom. The van der Waals surface area contributed by atoms with Crippen molar-refractivity contribution >= 4 is 56.6 Å². The summed E-state index contributed by atoms with van der Waals surface area (Å²) in [5.41, 5.74) is 0.939. The van der Waals surface area contributed by atoms with E-state index in [0.717, 1.165) is 31.0 Å². The molecule has 33 heavy (non-hydrogen) atoms. The number of hydrogen-bond donors (Lipinski definition) is 1. The van der Waals surface area contributed by atoms with Crippen LogP contribution in [0, 0.1) is 0 Å². The highest BCUT2D eigenvalue weighted by atomic mass is 35.5. The Kier molecular flexibility index (Phi) is 7.60. The third-order valence-electron chi connectivity index (χ3n) is 4.99. The summed E-state index contributed by atoms with van der Waals surface area (Å²) in [5.74, 6) is -0.101. The van der Waals surface area contributed by atoms with E-state index in [1.54, 1.807) is 24.3 Å². The molecule has 174 valence electrons. The van der Waals surface area contributed by atoms with E-state index < -0.39 is 10.0 Å². The molecule has 0 aliphatic carbocycles. The van der Waals surface area contributed by atoms with E-state index in [1.165, 1.54) is 22.5 Å². The van der Waals surface area contributed by atoms with Crippen molar-refractivity contribution in [1.29, 1.82) is 0 Å². The van der Waals surface area contributed by atoms with Gasteiger partial charge in [-0.15, -0.1) is 10.2 Å². The van der Waals surface area contributed by atoms with Gasteiger partial charge in [0.1, 0.15) is 0 Å². The summed E-state index contributed by atoms with van der Waals surface area (Å²) >= 11 is 13.1. The van der Waals surface area contributed by atoms with Crippen LogP contribution in [0.5, 0.6) is 0 Å². The maximum atomic E-state index is 12.9. The largest absolute Gasteiger partial charge is 0.411 e. The number of amides is 1. The van der Waals surface area contributed by atoms with Crippen molar-refractivity contribution in [2.75, 3.05) is 24.2 Å². The van der Waals surface area contributed by atoms with Crippen molar-refractivity contribution < 1.29 is 17.6 Å². The number of hydrogen-bond acceptors (Lipinski definition) is 7. The van der Waals surface area contributed by atoms with E-state index in [1.807, 2.05) is 0 Å². The highest BCUT2D eigenvalue weighted by Crippen LogP contribution is 2.29. The number of nitrogens with zero attached hydrogens (tertiary/aromatic N) is 3. The predicted octanol–water partition coefficient (Wildman–Crippen LogP) is 4.95. The number of aromatic nitrogens is 2. The van der Waals surface area contributed by atoms with Crippen molar-refractivity contribution in [3.05, 3.63) is 52.5 Å². The Hall–Kier alpha value is -2.11. The summed E-state index contributed by atoms with van der Waals surface area (Å²) in [6, 6.07) is 11.2. The van der Waals surface area contributed by atoms with Crippen LogP contribution in [0.2, 0.25) is 10.0 Å². The second-order valence-electron chi connectivity index (χ2n) is 7.32. The van der Waals surface area contributed by atoms with E-state index in [9.17, 15) is 13.2 Å². The quantitative estimate of drug-likeness (QED) is 0.434. The van der Waals surface area contributed by atoms with Gasteiger partial charge < -0.3 is 9.73 Å². The Morgan fingerprint density at radius 3 is 2.52 bits per heavy atom. The normalized spacial score (nSPS) is 14.8. The molecule has 1 N–H and O–H groups in total. The number of carbonyl (C=O) groups is 1. The third-order valence-corrected chi connectivity index (χ3v) is 8.28. The Balaban J connectivity index is 1.39. The van der Waals surface area contributed by atoms with Crippen LogP contribution in [-0.2, 0) is 14.8 Å². The zero-order valence-electron chi connectivity index (χ0n) is 17.3. The average Bonchev–Trinajstić information content (AvgIpc) is 3.29. The molecule has 12 heteroatoms. The van der Waals surface area contributed by atoms with Crippen molar-refractivity contribution in [3.8, 4) is 11.5 Å². The van der Waals surface area contributed by atoms with Gasteiger partial charge in [-0.3, -0.25) is 4.79 Å². The number of benzene rings is 2. The van der Waals surface area contributed by atoms with Crippen LogP contribution in [0.25, 0.3) is 11.5 Å². The minimum atomic E-state index is -3.64. The monoisotopic (exact) mass is 526 g/mol. The summed E-state index contributed by atoms with van der Waals surface area (Å²) in [4.78, 5) is 12.6. The summed E-state index contributed by atoms with van der Waals surface area (Å²) < 4.78 is 32.9. The number of rotatable bonds is 7. The van der Waals surface area contributed by atoms with E-state index in [4.69, 9.17) is 27.6 Å². The fraction of sp³-hybridized carbons (Fsp3) is 0.286. The second kappa shape index (κ2) is 10.4. The van der Waals surface area contributed by atoms with Crippen molar-refractivity contribution in [1.82, 2.24) is 14.5 Å². The molecule has 0 atom stereocenters. The lowest BCUT2D eigenvalue weighted by Gasteiger charge is -2.26. The summed E-state index contributed by atoms with van der Waals surface area (Å²) in [6.07, 6.45) is 2.69. The third kappa shape index (κ3) is 5.88. The molecule has 1 saturated heterocycles. The molecule has 0 bridgehead atoms. The second-order valence-corrected chi connectivity index (χ2v) is 11.0. The molecule has 1 fully saturated rings. The first-order valence-electron chi connectivity index (χ1n) is 10.1. The SMILES string of the molecule is O=C(CSc1nnc(-c2ccc(Cl)cc2)o1)Nc1cc(S(=O)(=O)N2CCCCC2)ccc1Cl. The lowest BCUT2D eigenvalue weighted by molar-refractivity contribution is -0.113. The molecule has 0 saturated carbocycles. The lowest BCUT2D eigenvalue weighted by atomic mass is 10.2. The highest BCUT2D eigenvalue weighted by Gasteiger charge is 2.26. The van der Waals surface area contributed by atoms with Crippen molar-refractivity contribution in [3.63, 3.8) is 0 Å². The molecule has 1 aliphatic rings. The van der Waals surface area contributed by atoms with Crippen molar-refractivity contribution in [2.24, 2.45) is 0 Å². The van der Waals surface area contributed by atoms with Gasteiger partial charge in [-0.2, -0.15) is 4.31 Å². The van der Waals surface area contributed by atoms with Gasteiger partial charge in [-0.05, 0) is 55.3 Å². The molecule has 8 nitrogen and oxygen atoms in total. The van der Waals surface area contributed by atoms with E-state index in [2.05, 4.69) is 15.5 Å². The lowest BCUT2D eigenvalue weighted by Crippen LogP contribution is -2.35. The Morgan fingerprint density at radius 1 is 1.06 bits per heavy atom. The molecule has 2 aromatic carbocycles. The smallest absolute Gasteiger partial charge is 0.277 e. The molecule has 1 aromatic heterocycles. The molecule has 1 aliphatic heterocycles. The van der Waals surface area contributed by atoms with Gasteiger partial charge in [0.25, 0.3) is 5.22 Å². The highest BCUT2D eigenvalue weighted by molar-refractivity contribution is 7.99. The summed E-state index contributed by atoms with van der Waals surface area (Å²) in [5, 5.41) is 11.6. The Labute approximate surface area is 205 Å². The molecular weight excluding hydrogens is 507 g/mol. The van der Waals surface area contributed by atoms with Crippen LogP contribution in [0.3, 0.4) is 0 Å².